The van der Waals surface area contributed by atoms with E-state index in [1.54, 1.807) is 6.07 Å². The molecule has 0 aromatic heterocycles. The molecule has 3 atom stereocenters. The summed E-state index contributed by atoms with van der Waals surface area (Å²) in [6.07, 6.45) is -3.20. The third kappa shape index (κ3) is 4.37. The average molecular weight is 353 g/mol. The standard InChI is InChI=1S/C15H19F3N2O2.ClH/c16-15(17,18)14(22,11-4-2-1-3-5-11)9-20-13(21)10-6-7-12(19)8-10;/h1-5,10,12,22H,6-9,19H2,(H,20,21);1H. The summed E-state index contributed by atoms with van der Waals surface area (Å²) in [6.45, 7) is -0.912. The Balaban J connectivity index is 0.00000264. The van der Waals surface area contributed by atoms with Crippen molar-refractivity contribution in [1.29, 1.82) is 0 Å². The first-order valence-corrected chi connectivity index (χ1v) is 7.12. The summed E-state index contributed by atoms with van der Waals surface area (Å²) < 4.78 is 39.8. The number of benzene rings is 1. The zero-order valence-electron chi connectivity index (χ0n) is 12.3. The second kappa shape index (κ2) is 7.51. The lowest BCUT2D eigenvalue weighted by Crippen LogP contribution is -2.51. The molecule has 1 aromatic rings. The van der Waals surface area contributed by atoms with E-state index in [2.05, 4.69) is 5.32 Å². The molecule has 23 heavy (non-hydrogen) atoms. The Morgan fingerprint density at radius 1 is 1.26 bits per heavy atom. The van der Waals surface area contributed by atoms with Gasteiger partial charge in [0.25, 0.3) is 0 Å². The lowest BCUT2D eigenvalue weighted by Gasteiger charge is -2.31. The van der Waals surface area contributed by atoms with Gasteiger partial charge in [-0.25, -0.2) is 0 Å². The van der Waals surface area contributed by atoms with Crippen LogP contribution in [0.3, 0.4) is 0 Å². The molecule has 1 amide bonds. The van der Waals surface area contributed by atoms with Crippen LogP contribution in [0.25, 0.3) is 0 Å². The molecular weight excluding hydrogens is 333 g/mol. The van der Waals surface area contributed by atoms with Crippen LogP contribution in [-0.4, -0.2) is 29.8 Å². The minimum Gasteiger partial charge on any atom is -0.375 e. The Bertz CT molecular complexity index is 527. The van der Waals surface area contributed by atoms with Crippen LogP contribution in [0, 0.1) is 5.92 Å². The Labute approximate surface area is 138 Å². The molecule has 1 fully saturated rings. The second-order valence-electron chi connectivity index (χ2n) is 5.71. The summed E-state index contributed by atoms with van der Waals surface area (Å²) >= 11 is 0. The summed E-state index contributed by atoms with van der Waals surface area (Å²) in [4.78, 5) is 12.0. The molecule has 4 nitrogen and oxygen atoms in total. The maximum atomic E-state index is 13.3. The fourth-order valence-corrected chi connectivity index (χ4v) is 2.69. The van der Waals surface area contributed by atoms with E-state index >= 15 is 0 Å². The van der Waals surface area contributed by atoms with Crippen LogP contribution >= 0.6 is 12.4 Å². The van der Waals surface area contributed by atoms with Crippen LogP contribution in [-0.2, 0) is 10.4 Å². The van der Waals surface area contributed by atoms with Gasteiger partial charge in [0.05, 0.1) is 6.54 Å². The predicted molar refractivity (Wildman–Crippen MR) is 82.0 cm³/mol. The van der Waals surface area contributed by atoms with Crippen molar-refractivity contribution in [3.63, 3.8) is 0 Å². The van der Waals surface area contributed by atoms with Gasteiger partial charge in [0, 0.05) is 12.0 Å². The van der Waals surface area contributed by atoms with Crippen LogP contribution in [0.5, 0.6) is 0 Å². The highest BCUT2D eigenvalue weighted by Gasteiger charge is 2.55. The first-order chi connectivity index (χ1) is 10.2. The molecule has 4 N–H and O–H groups in total. The third-order valence-electron chi connectivity index (χ3n) is 4.08. The number of nitrogens with one attached hydrogen (secondary N) is 1. The monoisotopic (exact) mass is 352 g/mol. The minimum absolute atomic E-state index is 0. The summed E-state index contributed by atoms with van der Waals surface area (Å²) in [7, 11) is 0. The van der Waals surface area contributed by atoms with Gasteiger partial charge in [0.15, 0.2) is 0 Å². The molecule has 0 radical (unpaired) electrons. The van der Waals surface area contributed by atoms with Crippen LogP contribution in [0.15, 0.2) is 30.3 Å². The molecule has 2 rings (SSSR count). The van der Waals surface area contributed by atoms with Gasteiger partial charge in [0.1, 0.15) is 0 Å². The number of halogens is 4. The topological polar surface area (TPSA) is 75.4 Å². The van der Waals surface area contributed by atoms with Crippen LogP contribution in [0.1, 0.15) is 24.8 Å². The van der Waals surface area contributed by atoms with E-state index in [1.165, 1.54) is 24.3 Å². The van der Waals surface area contributed by atoms with E-state index < -0.39 is 24.2 Å². The molecule has 1 aliphatic rings. The van der Waals surface area contributed by atoms with E-state index in [0.29, 0.717) is 19.3 Å². The quantitative estimate of drug-likeness (QED) is 0.776. The maximum Gasteiger partial charge on any atom is 0.423 e. The molecule has 3 unspecified atom stereocenters. The summed E-state index contributed by atoms with van der Waals surface area (Å²) in [5, 5.41) is 12.3. The fourth-order valence-electron chi connectivity index (χ4n) is 2.69. The third-order valence-corrected chi connectivity index (χ3v) is 4.08. The molecule has 0 saturated heterocycles. The highest BCUT2D eigenvalue weighted by Crippen LogP contribution is 2.38. The molecule has 0 spiro atoms. The number of rotatable bonds is 4. The number of nitrogens with two attached hydrogens (primary N) is 1. The van der Waals surface area contributed by atoms with Crippen molar-refractivity contribution in [2.75, 3.05) is 6.54 Å². The van der Waals surface area contributed by atoms with Gasteiger partial charge in [-0.05, 0) is 24.8 Å². The normalized spacial score (nSPS) is 23.7. The molecule has 0 bridgehead atoms. The number of carbonyl (C=O) groups excluding carboxylic acids is 1. The number of carbonyl (C=O) groups is 1. The first-order valence-electron chi connectivity index (χ1n) is 7.12. The molecule has 130 valence electrons. The Morgan fingerprint density at radius 3 is 2.35 bits per heavy atom. The molecule has 8 heteroatoms. The predicted octanol–water partition coefficient (Wildman–Crippen LogP) is 2.10. The average Bonchev–Trinajstić information content (AvgIpc) is 2.91. The maximum absolute atomic E-state index is 13.3. The van der Waals surface area contributed by atoms with Crippen molar-refractivity contribution in [2.24, 2.45) is 11.7 Å². The highest BCUT2D eigenvalue weighted by atomic mass is 35.5. The minimum atomic E-state index is -4.90. The van der Waals surface area contributed by atoms with Gasteiger partial charge in [-0.15, -0.1) is 12.4 Å². The summed E-state index contributed by atoms with van der Waals surface area (Å²) in [5.74, 6) is -0.880. The first kappa shape index (κ1) is 19.7. The molecule has 1 saturated carbocycles. The van der Waals surface area contributed by atoms with Crippen molar-refractivity contribution in [2.45, 2.75) is 37.1 Å². The van der Waals surface area contributed by atoms with Gasteiger partial charge in [-0.2, -0.15) is 13.2 Å². The molecule has 1 aromatic carbocycles. The van der Waals surface area contributed by atoms with E-state index in [-0.39, 0.29) is 29.9 Å². The fraction of sp³-hybridized carbons (Fsp3) is 0.533. The number of hydrogen-bond donors (Lipinski definition) is 3. The van der Waals surface area contributed by atoms with Crippen molar-refractivity contribution in [3.8, 4) is 0 Å². The van der Waals surface area contributed by atoms with Crippen molar-refractivity contribution >= 4 is 18.3 Å². The van der Waals surface area contributed by atoms with Gasteiger partial charge >= 0.3 is 6.18 Å². The zero-order chi connectivity index (χ0) is 16.4. The van der Waals surface area contributed by atoms with Crippen molar-refractivity contribution in [3.05, 3.63) is 35.9 Å². The number of alkyl halides is 3. The Kier molecular flexibility index (Phi) is 6.44. The molecular formula is C15H20ClF3N2O2. The number of aliphatic hydroxyl groups is 1. The summed E-state index contributed by atoms with van der Waals surface area (Å²) in [5.41, 5.74) is 2.29. The lowest BCUT2D eigenvalue weighted by atomic mass is 9.92. The van der Waals surface area contributed by atoms with Crippen molar-refractivity contribution in [1.82, 2.24) is 5.32 Å². The number of amides is 1. The van der Waals surface area contributed by atoms with Crippen LogP contribution < -0.4 is 11.1 Å². The molecule has 0 aliphatic heterocycles. The SMILES string of the molecule is Cl.NC1CCC(C(=O)NCC(O)(c2ccccc2)C(F)(F)F)C1. The van der Waals surface area contributed by atoms with Gasteiger partial charge < -0.3 is 16.2 Å². The Morgan fingerprint density at radius 2 is 1.87 bits per heavy atom. The smallest absolute Gasteiger partial charge is 0.375 e. The summed E-state index contributed by atoms with van der Waals surface area (Å²) in [6, 6.07) is 6.65. The van der Waals surface area contributed by atoms with Gasteiger partial charge in [-0.1, -0.05) is 30.3 Å². The van der Waals surface area contributed by atoms with E-state index in [9.17, 15) is 23.1 Å². The molecule has 1 aliphatic carbocycles. The molecule has 0 heterocycles. The van der Waals surface area contributed by atoms with E-state index in [1.807, 2.05) is 0 Å². The number of hydrogen-bond acceptors (Lipinski definition) is 3. The van der Waals surface area contributed by atoms with Gasteiger partial charge in [0.2, 0.25) is 11.5 Å². The Hall–Kier alpha value is -1.31. The highest BCUT2D eigenvalue weighted by molar-refractivity contribution is 5.85. The van der Waals surface area contributed by atoms with E-state index in [4.69, 9.17) is 5.73 Å². The van der Waals surface area contributed by atoms with E-state index in [0.717, 1.165) is 0 Å². The zero-order valence-corrected chi connectivity index (χ0v) is 13.2. The van der Waals surface area contributed by atoms with Gasteiger partial charge in [-0.3, -0.25) is 4.79 Å². The second-order valence-corrected chi connectivity index (χ2v) is 5.71. The largest absolute Gasteiger partial charge is 0.423 e. The lowest BCUT2D eigenvalue weighted by molar-refractivity contribution is -0.264. The van der Waals surface area contributed by atoms with Crippen LogP contribution in [0.2, 0.25) is 0 Å². The van der Waals surface area contributed by atoms with Crippen molar-refractivity contribution < 1.29 is 23.1 Å². The van der Waals surface area contributed by atoms with Crippen LogP contribution in [0.4, 0.5) is 13.2 Å².